The van der Waals surface area contributed by atoms with E-state index in [9.17, 15) is 14.7 Å². The molecular formula is C31H26ClN7O3. The maximum atomic E-state index is 12.9. The molecular weight excluding hydrogens is 554 g/mol. The van der Waals surface area contributed by atoms with Crippen LogP contribution in [0.25, 0.3) is 16.6 Å². The van der Waals surface area contributed by atoms with Crippen molar-refractivity contribution in [2.75, 3.05) is 6.54 Å². The summed E-state index contributed by atoms with van der Waals surface area (Å²) in [6.45, 7) is 2.15. The molecule has 0 aliphatic carbocycles. The van der Waals surface area contributed by atoms with E-state index in [0.29, 0.717) is 39.6 Å². The third-order valence-corrected chi connectivity index (χ3v) is 7.46. The topological polar surface area (TPSA) is 122 Å². The van der Waals surface area contributed by atoms with Gasteiger partial charge in [-0.1, -0.05) is 35.7 Å². The normalized spacial score (nSPS) is 11.1. The third kappa shape index (κ3) is 5.02. The van der Waals surface area contributed by atoms with Crippen LogP contribution in [0.15, 0.2) is 71.9 Å². The molecule has 4 aromatic heterocycles. The molecule has 3 N–H and O–H groups in total. The lowest BCUT2D eigenvalue weighted by molar-refractivity contribution is 0.0951. The van der Waals surface area contributed by atoms with Crippen LogP contribution in [0.2, 0.25) is 5.02 Å². The number of benzene rings is 2. The van der Waals surface area contributed by atoms with Crippen LogP contribution in [0, 0.1) is 18.8 Å². The number of hydrogen-bond donors (Lipinski definition) is 3. The summed E-state index contributed by atoms with van der Waals surface area (Å²) < 4.78 is 4.79. The molecule has 11 heteroatoms. The fourth-order valence-electron chi connectivity index (χ4n) is 5.00. The van der Waals surface area contributed by atoms with Gasteiger partial charge in [0.05, 0.1) is 22.4 Å². The molecule has 0 bridgehead atoms. The molecule has 6 aromatic rings. The molecule has 4 heterocycles. The Hall–Kier alpha value is -5.27. The van der Waals surface area contributed by atoms with Crippen molar-refractivity contribution >= 4 is 34.1 Å². The Labute approximate surface area is 245 Å². The number of nitrogens with zero attached hydrogens (tertiary/aromatic N) is 5. The lowest BCUT2D eigenvalue weighted by atomic mass is 10.0. The fourth-order valence-corrected chi connectivity index (χ4v) is 5.31. The Morgan fingerprint density at radius 2 is 2.02 bits per heavy atom. The second-order valence-corrected chi connectivity index (χ2v) is 10.3. The summed E-state index contributed by atoms with van der Waals surface area (Å²) >= 11 is 6.36. The van der Waals surface area contributed by atoms with Crippen LogP contribution < -0.4 is 11.0 Å². The summed E-state index contributed by atoms with van der Waals surface area (Å²) in [6, 6.07) is 14.6. The number of amides is 1. The van der Waals surface area contributed by atoms with E-state index in [1.807, 2.05) is 61.1 Å². The van der Waals surface area contributed by atoms with Crippen LogP contribution >= 0.6 is 11.6 Å². The van der Waals surface area contributed by atoms with Gasteiger partial charge in [0.25, 0.3) is 5.91 Å². The molecule has 0 aliphatic rings. The summed E-state index contributed by atoms with van der Waals surface area (Å²) in [5.74, 6) is 5.72. The Bertz CT molecular complexity index is 2110. The van der Waals surface area contributed by atoms with E-state index in [1.54, 1.807) is 29.0 Å². The van der Waals surface area contributed by atoms with Gasteiger partial charge in [0.1, 0.15) is 5.69 Å². The van der Waals surface area contributed by atoms with Gasteiger partial charge in [-0.25, -0.2) is 14.3 Å². The SMILES string of the molecule is Cc1ccc(C(=O)NCCn2c(O)c(Cc3cn(C)c4c(Cl)cccc34)[nH]c2=O)cc1C#Cc1cnc2cccnn12. The number of aromatic nitrogens is 6. The van der Waals surface area contributed by atoms with E-state index in [-0.39, 0.29) is 24.9 Å². The molecule has 0 saturated carbocycles. The molecule has 0 saturated heterocycles. The van der Waals surface area contributed by atoms with Crippen LogP contribution in [0.4, 0.5) is 0 Å². The van der Waals surface area contributed by atoms with Crippen LogP contribution in [0.3, 0.4) is 0 Å². The molecule has 0 atom stereocenters. The van der Waals surface area contributed by atoms with Crippen LogP contribution in [-0.4, -0.2) is 46.3 Å². The Balaban J connectivity index is 1.14. The van der Waals surface area contributed by atoms with Crippen molar-refractivity contribution in [1.29, 1.82) is 0 Å². The number of nitrogens with one attached hydrogen (secondary N) is 2. The van der Waals surface area contributed by atoms with Crippen LogP contribution in [0.1, 0.15) is 38.4 Å². The van der Waals surface area contributed by atoms with Gasteiger partial charge in [0.15, 0.2) is 5.65 Å². The Morgan fingerprint density at radius 1 is 1.17 bits per heavy atom. The highest BCUT2D eigenvalue weighted by molar-refractivity contribution is 6.35. The number of fused-ring (bicyclic) bond motifs is 2. The molecule has 0 spiro atoms. The highest BCUT2D eigenvalue weighted by Crippen LogP contribution is 2.29. The zero-order valence-corrected chi connectivity index (χ0v) is 23.6. The molecule has 0 unspecified atom stereocenters. The predicted octanol–water partition coefficient (Wildman–Crippen LogP) is 3.80. The van der Waals surface area contributed by atoms with E-state index < -0.39 is 5.69 Å². The van der Waals surface area contributed by atoms with Gasteiger partial charge < -0.3 is 20.0 Å². The number of carbonyl (C=O) groups is 1. The third-order valence-electron chi connectivity index (χ3n) is 7.15. The van der Waals surface area contributed by atoms with Gasteiger partial charge in [0, 0.05) is 55.5 Å². The van der Waals surface area contributed by atoms with Gasteiger partial charge in [-0.05, 0) is 54.3 Å². The lowest BCUT2D eigenvalue weighted by Crippen LogP contribution is -2.30. The molecule has 42 heavy (non-hydrogen) atoms. The number of imidazole rings is 2. The van der Waals surface area contributed by atoms with Crippen molar-refractivity contribution in [3.63, 3.8) is 0 Å². The molecule has 10 nitrogen and oxygen atoms in total. The number of halogens is 1. The van der Waals surface area contributed by atoms with E-state index in [2.05, 4.69) is 32.2 Å². The minimum absolute atomic E-state index is 0.0914. The zero-order chi connectivity index (χ0) is 29.4. The van der Waals surface area contributed by atoms with Gasteiger partial charge >= 0.3 is 5.69 Å². The molecule has 210 valence electrons. The van der Waals surface area contributed by atoms with Crippen molar-refractivity contribution in [2.24, 2.45) is 7.05 Å². The van der Waals surface area contributed by atoms with Gasteiger partial charge in [-0.15, -0.1) is 0 Å². The number of H-pyrrole nitrogens is 1. The number of hydrogen-bond acceptors (Lipinski definition) is 5. The molecule has 1 amide bonds. The quantitative estimate of drug-likeness (QED) is 0.259. The first-order chi connectivity index (χ1) is 20.3. The highest BCUT2D eigenvalue weighted by Gasteiger charge is 2.17. The number of rotatable bonds is 6. The number of aromatic amines is 1. The van der Waals surface area contributed by atoms with E-state index >= 15 is 0 Å². The number of aryl methyl sites for hydroxylation is 2. The minimum atomic E-state index is -0.454. The first kappa shape index (κ1) is 26.9. The molecule has 0 aliphatic heterocycles. The van der Waals surface area contributed by atoms with E-state index in [0.717, 1.165) is 22.0 Å². The summed E-state index contributed by atoms with van der Waals surface area (Å²) in [5.41, 5.74) is 5.13. The molecule has 2 aromatic carbocycles. The summed E-state index contributed by atoms with van der Waals surface area (Å²) in [4.78, 5) is 32.6. The number of para-hydroxylation sites is 1. The average Bonchev–Trinajstić information content (AvgIpc) is 3.62. The monoisotopic (exact) mass is 579 g/mol. The molecule has 0 fully saturated rings. The highest BCUT2D eigenvalue weighted by atomic mass is 35.5. The maximum Gasteiger partial charge on any atom is 0.328 e. The summed E-state index contributed by atoms with van der Waals surface area (Å²) in [5, 5.41) is 19.5. The van der Waals surface area contributed by atoms with Crippen LogP contribution in [0.5, 0.6) is 5.88 Å². The second-order valence-electron chi connectivity index (χ2n) is 9.93. The average molecular weight is 580 g/mol. The van der Waals surface area contributed by atoms with Crippen molar-refractivity contribution in [3.05, 3.63) is 116 Å². The summed E-state index contributed by atoms with van der Waals surface area (Å²) in [7, 11) is 1.90. The second kappa shape index (κ2) is 11.0. The first-order valence-electron chi connectivity index (χ1n) is 13.2. The predicted molar refractivity (Wildman–Crippen MR) is 160 cm³/mol. The number of aromatic hydroxyl groups is 1. The van der Waals surface area contributed by atoms with Gasteiger partial charge in [0.2, 0.25) is 5.88 Å². The van der Waals surface area contributed by atoms with E-state index in [4.69, 9.17) is 11.6 Å². The first-order valence-corrected chi connectivity index (χ1v) is 13.6. The van der Waals surface area contributed by atoms with Crippen molar-refractivity contribution < 1.29 is 9.90 Å². The van der Waals surface area contributed by atoms with E-state index in [1.165, 1.54) is 4.57 Å². The minimum Gasteiger partial charge on any atom is -0.493 e. The standard InChI is InChI=1S/C31H26ClN7O3/c1-19-8-9-21(15-20(19)10-11-23-17-34-27-7-4-12-35-39(23)27)29(40)33-13-14-38-30(41)26(36-31(38)42)16-22-18-37(2)28-24(22)5-3-6-25(28)32/h3-9,12,15,17-18,41H,13-14,16H2,1-2H3,(H,33,40)(H,36,42). The summed E-state index contributed by atoms with van der Waals surface area (Å²) in [6.07, 6.45) is 5.57. The molecule has 0 radical (unpaired) electrons. The molecule has 6 rings (SSSR count). The van der Waals surface area contributed by atoms with Crippen molar-refractivity contribution in [3.8, 4) is 17.7 Å². The number of carbonyl (C=O) groups excluding carboxylic acids is 1. The Morgan fingerprint density at radius 3 is 2.88 bits per heavy atom. The smallest absolute Gasteiger partial charge is 0.328 e. The van der Waals surface area contributed by atoms with Crippen LogP contribution in [-0.2, 0) is 20.0 Å². The zero-order valence-electron chi connectivity index (χ0n) is 22.8. The van der Waals surface area contributed by atoms with Crippen molar-refractivity contribution in [1.82, 2.24) is 34.0 Å². The lowest BCUT2D eigenvalue weighted by Gasteiger charge is -2.08. The van der Waals surface area contributed by atoms with Crippen molar-refractivity contribution in [2.45, 2.75) is 19.9 Å². The van der Waals surface area contributed by atoms with Gasteiger partial charge in [-0.2, -0.15) is 5.10 Å². The van der Waals surface area contributed by atoms with Gasteiger partial charge in [-0.3, -0.25) is 9.36 Å². The fraction of sp³-hybridized carbons (Fsp3) is 0.161. The Kier molecular flexibility index (Phi) is 7.02. The largest absolute Gasteiger partial charge is 0.493 e. The maximum absolute atomic E-state index is 12.9.